The number of ether oxygens (including phenoxy) is 1. The molecule has 110 valence electrons. The van der Waals surface area contributed by atoms with E-state index in [9.17, 15) is 4.79 Å². The van der Waals surface area contributed by atoms with Crippen LogP contribution >= 0.6 is 0 Å². The topological polar surface area (TPSA) is 75.5 Å². The summed E-state index contributed by atoms with van der Waals surface area (Å²) in [5.41, 5.74) is 0.984. The van der Waals surface area contributed by atoms with Crippen molar-refractivity contribution in [2.45, 2.75) is 38.3 Å². The summed E-state index contributed by atoms with van der Waals surface area (Å²) in [6.07, 6.45) is 7.33. The minimum atomic E-state index is -0.807. The molecule has 2 rings (SSSR count). The van der Waals surface area contributed by atoms with E-state index in [1.807, 2.05) is 0 Å². The Morgan fingerprint density at radius 3 is 2.85 bits per heavy atom. The van der Waals surface area contributed by atoms with Gasteiger partial charge in [0.05, 0.1) is 30.9 Å². The number of aromatic nitrogens is 2. The van der Waals surface area contributed by atoms with Crippen molar-refractivity contribution in [2.75, 3.05) is 19.7 Å². The van der Waals surface area contributed by atoms with Crippen molar-refractivity contribution in [1.29, 1.82) is 0 Å². The van der Waals surface area contributed by atoms with Gasteiger partial charge in [-0.3, -0.25) is 19.7 Å². The van der Waals surface area contributed by atoms with E-state index in [1.165, 1.54) is 0 Å². The molecule has 20 heavy (non-hydrogen) atoms. The van der Waals surface area contributed by atoms with E-state index >= 15 is 0 Å². The summed E-state index contributed by atoms with van der Waals surface area (Å²) in [6, 6.07) is 0.253. The molecule has 0 saturated carbocycles. The molecule has 1 fully saturated rings. The number of likely N-dealkylation sites (tertiary alicyclic amines) is 1. The zero-order chi connectivity index (χ0) is 14.4. The van der Waals surface area contributed by atoms with E-state index in [0.29, 0.717) is 6.61 Å². The van der Waals surface area contributed by atoms with E-state index in [0.717, 1.165) is 31.6 Å². The largest absolute Gasteiger partial charge is 0.481 e. The van der Waals surface area contributed by atoms with Gasteiger partial charge in [-0.05, 0) is 19.8 Å². The second kappa shape index (κ2) is 7.31. The Bertz CT molecular complexity index is 419. The molecule has 0 radical (unpaired) electrons. The van der Waals surface area contributed by atoms with Gasteiger partial charge in [0, 0.05) is 31.7 Å². The van der Waals surface area contributed by atoms with Gasteiger partial charge in [0.15, 0.2) is 0 Å². The highest BCUT2D eigenvalue weighted by molar-refractivity contribution is 5.66. The van der Waals surface area contributed by atoms with Crippen molar-refractivity contribution < 1.29 is 14.6 Å². The van der Waals surface area contributed by atoms with Gasteiger partial charge in [-0.1, -0.05) is 0 Å². The van der Waals surface area contributed by atoms with Crippen LogP contribution in [0.5, 0.6) is 0 Å². The van der Waals surface area contributed by atoms with Crippen molar-refractivity contribution in [3.05, 3.63) is 24.3 Å². The Hall–Kier alpha value is -1.53. The maximum Gasteiger partial charge on any atom is 0.305 e. The average molecular weight is 279 g/mol. The third-order valence-electron chi connectivity index (χ3n) is 3.70. The highest BCUT2D eigenvalue weighted by atomic mass is 16.5. The van der Waals surface area contributed by atoms with E-state index in [-0.39, 0.29) is 18.6 Å². The molecule has 0 aliphatic carbocycles. The summed E-state index contributed by atoms with van der Waals surface area (Å²) in [5, 5.41) is 8.58. The fourth-order valence-electron chi connectivity index (χ4n) is 2.46. The van der Waals surface area contributed by atoms with Crippen LogP contribution in [0.1, 0.15) is 37.9 Å². The number of rotatable bonds is 6. The van der Waals surface area contributed by atoms with Crippen molar-refractivity contribution in [3.63, 3.8) is 0 Å². The summed E-state index contributed by atoms with van der Waals surface area (Å²) in [4.78, 5) is 21.2. The number of hydrogen-bond acceptors (Lipinski definition) is 5. The Morgan fingerprint density at radius 2 is 2.25 bits per heavy atom. The molecule has 1 N–H and O–H groups in total. The Kier molecular flexibility index (Phi) is 5.43. The molecule has 1 aromatic heterocycles. The molecule has 1 atom stereocenters. The molecule has 1 unspecified atom stereocenters. The van der Waals surface area contributed by atoms with Crippen LogP contribution in [0.2, 0.25) is 0 Å². The first-order valence-corrected chi connectivity index (χ1v) is 7.00. The first-order valence-electron chi connectivity index (χ1n) is 7.00. The maximum absolute atomic E-state index is 10.4. The predicted molar refractivity (Wildman–Crippen MR) is 73.2 cm³/mol. The van der Waals surface area contributed by atoms with Crippen molar-refractivity contribution in [1.82, 2.24) is 14.9 Å². The van der Waals surface area contributed by atoms with Crippen molar-refractivity contribution >= 4 is 5.97 Å². The fourth-order valence-corrected chi connectivity index (χ4v) is 2.46. The van der Waals surface area contributed by atoms with E-state index < -0.39 is 5.97 Å². The molecule has 0 spiro atoms. The molecule has 6 nitrogen and oxygen atoms in total. The second-order valence-electron chi connectivity index (χ2n) is 5.06. The quantitative estimate of drug-likeness (QED) is 0.850. The molecule has 1 aliphatic rings. The number of piperidine rings is 1. The van der Waals surface area contributed by atoms with Crippen molar-refractivity contribution in [2.24, 2.45) is 0 Å². The third-order valence-corrected chi connectivity index (χ3v) is 3.70. The molecule has 1 saturated heterocycles. The molecule has 1 aromatic rings. The van der Waals surface area contributed by atoms with Crippen LogP contribution < -0.4 is 0 Å². The van der Waals surface area contributed by atoms with E-state index in [1.54, 1.807) is 18.6 Å². The van der Waals surface area contributed by atoms with Gasteiger partial charge in [-0.25, -0.2) is 0 Å². The molecule has 0 amide bonds. The summed E-state index contributed by atoms with van der Waals surface area (Å²) in [6.45, 7) is 4.32. The zero-order valence-electron chi connectivity index (χ0n) is 11.7. The van der Waals surface area contributed by atoms with Crippen LogP contribution in [0, 0.1) is 0 Å². The monoisotopic (exact) mass is 279 g/mol. The maximum atomic E-state index is 10.4. The number of carbonyl (C=O) groups is 1. The average Bonchev–Trinajstić information content (AvgIpc) is 2.48. The normalized spacial score (nSPS) is 18.9. The molecule has 6 heteroatoms. The molecule has 2 heterocycles. The first-order chi connectivity index (χ1) is 9.66. The van der Waals surface area contributed by atoms with Gasteiger partial charge < -0.3 is 9.84 Å². The SMILES string of the molecule is CC(c1cnccn1)N1CCC(OCCC(=O)O)CC1. The second-order valence-corrected chi connectivity index (χ2v) is 5.06. The number of aliphatic carboxylic acids is 1. The summed E-state index contributed by atoms with van der Waals surface area (Å²) in [5.74, 6) is -0.807. The fraction of sp³-hybridized carbons (Fsp3) is 0.643. The lowest BCUT2D eigenvalue weighted by Gasteiger charge is -2.35. The molecular weight excluding hydrogens is 258 g/mol. The van der Waals surface area contributed by atoms with Gasteiger partial charge >= 0.3 is 5.97 Å². The number of nitrogens with zero attached hydrogens (tertiary/aromatic N) is 3. The van der Waals surface area contributed by atoms with Crippen LogP contribution in [0.25, 0.3) is 0 Å². The standard InChI is InChI=1S/C14H21N3O3/c1-11(13-10-15-5-6-16-13)17-7-2-12(3-8-17)20-9-4-14(18)19/h5-6,10-12H,2-4,7-9H2,1H3,(H,18,19). The van der Waals surface area contributed by atoms with E-state index in [2.05, 4.69) is 21.8 Å². The van der Waals surface area contributed by atoms with Gasteiger partial charge in [0.1, 0.15) is 0 Å². The summed E-state index contributed by atoms with van der Waals surface area (Å²) < 4.78 is 5.59. The summed E-state index contributed by atoms with van der Waals surface area (Å²) in [7, 11) is 0. The number of hydrogen-bond donors (Lipinski definition) is 1. The van der Waals surface area contributed by atoms with Crippen LogP contribution in [0.4, 0.5) is 0 Å². The lowest BCUT2D eigenvalue weighted by atomic mass is 10.0. The minimum absolute atomic E-state index is 0.0796. The Morgan fingerprint density at radius 1 is 1.50 bits per heavy atom. The molecule has 1 aliphatic heterocycles. The predicted octanol–water partition coefficient (Wildman–Crippen LogP) is 1.49. The van der Waals surface area contributed by atoms with Gasteiger partial charge in [-0.15, -0.1) is 0 Å². The van der Waals surface area contributed by atoms with Crippen LogP contribution in [0.15, 0.2) is 18.6 Å². The Labute approximate surface area is 118 Å². The number of carboxylic acid groups (broad SMARTS) is 1. The van der Waals surface area contributed by atoms with Gasteiger partial charge in [0.25, 0.3) is 0 Å². The van der Waals surface area contributed by atoms with Crippen molar-refractivity contribution in [3.8, 4) is 0 Å². The third kappa shape index (κ3) is 4.25. The van der Waals surface area contributed by atoms with Crippen LogP contribution in [0.3, 0.4) is 0 Å². The van der Waals surface area contributed by atoms with E-state index in [4.69, 9.17) is 9.84 Å². The van der Waals surface area contributed by atoms with Gasteiger partial charge in [-0.2, -0.15) is 0 Å². The lowest BCUT2D eigenvalue weighted by molar-refractivity contribution is -0.138. The minimum Gasteiger partial charge on any atom is -0.481 e. The van der Waals surface area contributed by atoms with Crippen LogP contribution in [-0.2, 0) is 9.53 Å². The first kappa shape index (κ1) is 14.9. The highest BCUT2D eigenvalue weighted by Crippen LogP contribution is 2.23. The molecular formula is C14H21N3O3. The molecule has 0 aromatic carbocycles. The number of carboxylic acids is 1. The van der Waals surface area contributed by atoms with Gasteiger partial charge in [0.2, 0.25) is 0 Å². The lowest BCUT2D eigenvalue weighted by Crippen LogP contribution is -2.39. The van der Waals surface area contributed by atoms with Crippen LogP contribution in [-0.4, -0.2) is 51.7 Å². The zero-order valence-corrected chi connectivity index (χ0v) is 11.7. The molecule has 0 bridgehead atoms. The Balaban J connectivity index is 1.75. The summed E-state index contributed by atoms with van der Waals surface area (Å²) >= 11 is 0. The highest BCUT2D eigenvalue weighted by Gasteiger charge is 2.24. The smallest absolute Gasteiger partial charge is 0.305 e.